The van der Waals surface area contributed by atoms with Gasteiger partial charge in [-0.05, 0) is 31.2 Å². The highest BCUT2D eigenvalue weighted by Crippen LogP contribution is 2.33. The lowest BCUT2D eigenvalue weighted by Gasteiger charge is -2.07. The maximum Gasteiger partial charge on any atom is 0.161 e. The molecule has 0 aromatic carbocycles. The summed E-state index contributed by atoms with van der Waals surface area (Å²) < 4.78 is 1.76. The third-order valence-electron chi connectivity index (χ3n) is 2.95. The van der Waals surface area contributed by atoms with E-state index in [9.17, 15) is 9.90 Å². The zero-order valence-corrected chi connectivity index (χ0v) is 8.89. The van der Waals surface area contributed by atoms with Gasteiger partial charge in [0.1, 0.15) is 6.10 Å². The van der Waals surface area contributed by atoms with Crippen molar-refractivity contribution in [3.63, 3.8) is 0 Å². The van der Waals surface area contributed by atoms with Gasteiger partial charge in [-0.1, -0.05) is 0 Å². The average molecular weight is 208 g/mol. The Morgan fingerprint density at radius 3 is 3.00 bits per heavy atom. The van der Waals surface area contributed by atoms with Crippen LogP contribution in [0.15, 0.2) is 12.3 Å². The van der Waals surface area contributed by atoms with E-state index in [1.807, 2.05) is 13.1 Å². The van der Waals surface area contributed by atoms with Crippen LogP contribution in [0, 0.1) is 5.92 Å². The van der Waals surface area contributed by atoms with Crippen LogP contribution in [-0.2, 0) is 18.3 Å². The largest absolute Gasteiger partial charge is 0.385 e. The SMILES string of the molecule is Cn1nccc1CCC(=O)C(O)C1CC1. The fraction of sp³-hybridized carbons (Fsp3) is 0.636. The molecular formula is C11H16N2O2. The van der Waals surface area contributed by atoms with Crippen molar-refractivity contribution < 1.29 is 9.90 Å². The minimum absolute atomic E-state index is 0.0290. The smallest absolute Gasteiger partial charge is 0.161 e. The highest BCUT2D eigenvalue weighted by atomic mass is 16.3. The number of aliphatic hydroxyl groups is 1. The van der Waals surface area contributed by atoms with Crippen LogP contribution in [0.3, 0.4) is 0 Å². The lowest BCUT2D eigenvalue weighted by molar-refractivity contribution is -0.128. The molecule has 82 valence electrons. The Kier molecular flexibility index (Phi) is 2.86. The fourth-order valence-electron chi connectivity index (χ4n) is 1.72. The minimum atomic E-state index is -0.724. The van der Waals surface area contributed by atoms with Crippen LogP contribution < -0.4 is 0 Å². The molecule has 15 heavy (non-hydrogen) atoms. The van der Waals surface area contributed by atoms with Gasteiger partial charge < -0.3 is 5.11 Å². The Balaban J connectivity index is 1.82. The molecule has 0 saturated heterocycles. The van der Waals surface area contributed by atoms with Gasteiger partial charge in [-0.2, -0.15) is 5.10 Å². The van der Waals surface area contributed by atoms with Crippen molar-refractivity contribution in [3.8, 4) is 0 Å². The zero-order valence-electron chi connectivity index (χ0n) is 8.89. The number of nitrogens with zero attached hydrogens (tertiary/aromatic N) is 2. The molecule has 1 atom stereocenters. The molecular weight excluding hydrogens is 192 g/mol. The Morgan fingerprint density at radius 2 is 2.47 bits per heavy atom. The number of carbonyl (C=O) groups is 1. The number of hydrogen-bond acceptors (Lipinski definition) is 3. The van der Waals surface area contributed by atoms with Gasteiger partial charge in [0.15, 0.2) is 5.78 Å². The molecule has 1 aliphatic rings. The van der Waals surface area contributed by atoms with Gasteiger partial charge in [0.05, 0.1) is 0 Å². The molecule has 0 aliphatic heterocycles. The first-order chi connectivity index (χ1) is 7.18. The zero-order chi connectivity index (χ0) is 10.8. The van der Waals surface area contributed by atoms with Gasteiger partial charge in [0, 0.05) is 25.4 Å². The van der Waals surface area contributed by atoms with Crippen LogP contribution in [0.1, 0.15) is 25.0 Å². The number of aryl methyl sites for hydroxylation is 2. The highest BCUT2D eigenvalue weighted by Gasteiger charge is 2.33. The molecule has 1 fully saturated rings. The van der Waals surface area contributed by atoms with Gasteiger partial charge in [-0.15, -0.1) is 0 Å². The van der Waals surface area contributed by atoms with Crippen LogP contribution in [0.2, 0.25) is 0 Å². The summed E-state index contributed by atoms with van der Waals surface area (Å²) in [5, 5.41) is 13.6. The molecule has 4 heteroatoms. The second-order valence-electron chi connectivity index (χ2n) is 4.19. The van der Waals surface area contributed by atoms with E-state index in [2.05, 4.69) is 5.10 Å². The predicted octanol–water partition coefficient (Wildman–Crippen LogP) is 0.693. The Bertz CT molecular complexity index is 355. The van der Waals surface area contributed by atoms with Crippen LogP contribution in [-0.4, -0.2) is 26.8 Å². The van der Waals surface area contributed by atoms with E-state index in [4.69, 9.17) is 0 Å². The van der Waals surface area contributed by atoms with E-state index in [-0.39, 0.29) is 11.7 Å². The van der Waals surface area contributed by atoms with E-state index < -0.39 is 6.10 Å². The first kappa shape index (κ1) is 10.4. The molecule has 4 nitrogen and oxygen atoms in total. The fourth-order valence-corrected chi connectivity index (χ4v) is 1.72. The van der Waals surface area contributed by atoms with Crippen molar-refractivity contribution in [2.45, 2.75) is 31.8 Å². The number of rotatable bonds is 5. The molecule has 0 bridgehead atoms. The third kappa shape index (κ3) is 2.45. The van der Waals surface area contributed by atoms with Crippen LogP contribution in [0.25, 0.3) is 0 Å². The maximum atomic E-state index is 11.6. The van der Waals surface area contributed by atoms with Gasteiger partial charge >= 0.3 is 0 Å². The van der Waals surface area contributed by atoms with E-state index in [0.29, 0.717) is 12.8 Å². The Morgan fingerprint density at radius 1 is 1.73 bits per heavy atom. The summed E-state index contributed by atoms with van der Waals surface area (Å²) in [5.41, 5.74) is 1.03. The molecule has 0 amide bonds. The predicted molar refractivity (Wildman–Crippen MR) is 55.3 cm³/mol. The summed E-state index contributed by atoms with van der Waals surface area (Å²) in [4.78, 5) is 11.6. The van der Waals surface area contributed by atoms with Crippen molar-refractivity contribution in [2.24, 2.45) is 13.0 Å². The number of aliphatic hydroxyl groups excluding tert-OH is 1. The molecule has 1 aromatic heterocycles. The molecule has 1 aliphatic carbocycles. The van der Waals surface area contributed by atoms with Crippen molar-refractivity contribution >= 4 is 5.78 Å². The van der Waals surface area contributed by atoms with Crippen molar-refractivity contribution in [1.82, 2.24) is 9.78 Å². The van der Waals surface area contributed by atoms with E-state index in [1.54, 1.807) is 10.9 Å². The number of Topliss-reactive ketones (excluding diaryl/α,β-unsaturated/α-hetero) is 1. The number of ketones is 1. The van der Waals surface area contributed by atoms with Crippen molar-refractivity contribution in [3.05, 3.63) is 18.0 Å². The van der Waals surface area contributed by atoms with Crippen LogP contribution in [0.5, 0.6) is 0 Å². The standard InChI is InChI=1S/C11H16N2O2/c1-13-9(6-7-12-13)4-5-10(14)11(15)8-2-3-8/h6-8,11,15H,2-5H2,1H3. The molecule has 1 aromatic rings. The van der Waals surface area contributed by atoms with Crippen LogP contribution >= 0.6 is 0 Å². The van der Waals surface area contributed by atoms with Crippen molar-refractivity contribution in [2.75, 3.05) is 0 Å². The number of aromatic nitrogens is 2. The minimum Gasteiger partial charge on any atom is -0.385 e. The van der Waals surface area contributed by atoms with E-state index in [0.717, 1.165) is 18.5 Å². The molecule has 1 N–H and O–H groups in total. The summed E-state index contributed by atoms with van der Waals surface area (Å²) >= 11 is 0. The summed E-state index contributed by atoms with van der Waals surface area (Å²) in [6.07, 6.45) is 4.07. The van der Waals surface area contributed by atoms with Crippen LogP contribution in [0.4, 0.5) is 0 Å². The summed E-state index contributed by atoms with van der Waals surface area (Å²) in [7, 11) is 1.86. The van der Waals surface area contributed by atoms with Crippen molar-refractivity contribution in [1.29, 1.82) is 0 Å². The average Bonchev–Trinajstić information content (AvgIpc) is 2.99. The Labute approximate surface area is 88.9 Å². The quantitative estimate of drug-likeness (QED) is 0.774. The first-order valence-corrected chi connectivity index (χ1v) is 5.36. The Hall–Kier alpha value is -1.16. The lowest BCUT2D eigenvalue weighted by atomic mass is 10.1. The number of hydrogen-bond donors (Lipinski definition) is 1. The van der Waals surface area contributed by atoms with Gasteiger partial charge in [0.25, 0.3) is 0 Å². The molecule has 0 radical (unpaired) electrons. The summed E-state index contributed by atoms with van der Waals surface area (Å²) in [6, 6.07) is 1.90. The summed E-state index contributed by atoms with van der Waals surface area (Å²) in [5.74, 6) is 0.211. The van der Waals surface area contributed by atoms with Gasteiger partial charge in [-0.3, -0.25) is 9.48 Å². The molecule has 1 heterocycles. The number of carbonyl (C=O) groups excluding carboxylic acids is 1. The third-order valence-corrected chi connectivity index (χ3v) is 2.95. The normalized spacial score (nSPS) is 17.7. The molecule has 1 unspecified atom stereocenters. The monoisotopic (exact) mass is 208 g/mol. The second kappa shape index (κ2) is 4.14. The van der Waals surface area contributed by atoms with Gasteiger partial charge in [-0.25, -0.2) is 0 Å². The second-order valence-corrected chi connectivity index (χ2v) is 4.19. The lowest BCUT2D eigenvalue weighted by Crippen LogP contribution is -2.23. The van der Waals surface area contributed by atoms with E-state index >= 15 is 0 Å². The maximum absolute atomic E-state index is 11.6. The van der Waals surface area contributed by atoms with Gasteiger partial charge in [0.2, 0.25) is 0 Å². The van der Waals surface area contributed by atoms with E-state index in [1.165, 1.54) is 0 Å². The molecule has 1 saturated carbocycles. The highest BCUT2D eigenvalue weighted by molar-refractivity contribution is 5.83. The molecule has 2 rings (SSSR count). The summed E-state index contributed by atoms with van der Waals surface area (Å²) in [6.45, 7) is 0. The topological polar surface area (TPSA) is 55.1 Å². The molecule has 0 spiro atoms. The first-order valence-electron chi connectivity index (χ1n) is 5.36.